The molecule has 1 saturated heterocycles. The zero-order valence-corrected chi connectivity index (χ0v) is 22.2. The van der Waals surface area contributed by atoms with Crippen molar-refractivity contribution in [3.05, 3.63) is 41.6 Å². The smallest absolute Gasteiger partial charge is 0.227 e. The Morgan fingerprint density at radius 1 is 1.20 bits per heavy atom. The Labute approximate surface area is 211 Å². The van der Waals surface area contributed by atoms with Gasteiger partial charge in [0.05, 0.1) is 18.9 Å². The van der Waals surface area contributed by atoms with Gasteiger partial charge in [-0.2, -0.15) is 4.98 Å². The van der Waals surface area contributed by atoms with Crippen LogP contribution in [-0.2, 0) is 33.0 Å². The number of nitrogens with one attached hydrogen (secondary N) is 2. The van der Waals surface area contributed by atoms with Gasteiger partial charge in [-0.3, -0.25) is 0 Å². The van der Waals surface area contributed by atoms with Gasteiger partial charge in [-0.25, -0.2) is 18.1 Å². The highest BCUT2D eigenvalue weighted by atomic mass is 32.2. The van der Waals surface area contributed by atoms with Crippen LogP contribution in [0.2, 0.25) is 0 Å². The fourth-order valence-corrected chi connectivity index (χ4v) is 6.64. The summed E-state index contributed by atoms with van der Waals surface area (Å²) in [5, 5.41) is 13.1. The second-order valence-electron chi connectivity index (χ2n) is 9.85. The van der Waals surface area contributed by atoms with Gasteiger partial charge in [-0.1, -0.05) is 44.2 Å². The molecule has 2 atom stereocenters. The van der Waals surface area contributed by atoms with Crippen molar-refractivity contribution in [1.29, 1.82) is 0 Å². The van der Waals surface area contributed by atoms with E-state index in [1.165, 1.54) is 6.26 Å². The van der Waals surface area contributed by atoms with Crippen LogP contribution in [-0.4, -0.2) is 72.3 Å². The van der Waals surface area contributed by atoms with E-state index in [9.17, 15) is 18.1 Å². The lowest BCUT2D eigenvalue weighted by Gasteiger charge is -2.42. The Balaban J connectivity index is 1.60. The molecule has 0 amide bonds. The van der Waals surface area contributed by atoms with Gasteiger partial charge < -0.3 is 19.9 Å². The molecule has 2 aliphatic heterocycles. The van der Waals surface area contributed by atoms with Crippen LogP contribution in [0.5, 0.6) is 0 Å². The molecular formula is C24H35N5O4S2. The second kappa shape index (κ2) is 10.6. The van der Waals surface area contributed by atoms with E-state index in [1.54, 1.807) is 0 Å². The lowest BCUT2D eigenvalue weighted by Crippen LogP contribution is -2.49. The van der Waals surface area contributed by atoms with Crippen LogP contribution in [0.4, 0.5) is 11.8 Å². The van der Waals surface area contributed by atoms with Gasteiger partial charge in [-0.15, -0.1) is 0 Å². The second-order valence-corrected chi connectivity index (χ2v) is 13.2. The summed E-state index contributed by atoms with van der Waals surface area (Å²) in [6, 6.07) is 9.85. The van der Waals surface area contributed by atoms with Crippen LogP contribution in [0.25, 0.3) is 0 Å². The van der Waals surface area contributed by atoms with E-state index in [1.807, 2.05) is 32.0 Å². The number of aliphatic hydroxyl groups is 1. The number of anilines is 2. The number of benzene rings is 1. The number of aryl methyl sites for hydroxylation is 1. The first kappa shape index (κ1) is 26.2. The third kappa shape index (κ3) is 5.91. The molecule has 3 N–H and O–H groups in total. The number of rotatable bonds is 9. The highest BCUT2D eigenvalue weighted by Crippen LogP contribution is 2.38. The van der Waals surface area contributed by atoms with Crippen molar-refractivity contribution in [2.45, 2.75) is 49.5 Å². The molecule has 1 unspecified atom stereocenters. The Morgan fingerprint density at radius 3 is 2.49 bits per heavy atom. The van der Waals surface area contributed by atoms with Crippen LogP contribution in [0, 0.1) is 5.92 Å². The summed E-state index contributed by atoms with van der Waals surface area (Å²) < 4.78 is 39.1. The molecule has 0 saturated carbocycles. The van der Waals surface area contributed by atoms with E-state index >= 15 is 0 Å². The first-order valence-electron chi connectivity index (χ1n) is 12.0. The van der Waals surface area contributed by atoms with Crippen molar-refractivity contribution in [3.63, 3.8) is 0 Å². The molecule has 2 aliphatic rings. The number of fused-ring (bicyclic) bond motifs is 1. The van der Waals surface area contributed by atoms with Crippen molar-refractivity contribution < 1.29 is 18.1 Å². The van der Waals surface area contributed by atoms with E-state index in [-0.39, 0.29) is 24.0 Å². The summed E-state index contributed by atoms with van der Waals surface area (Å²) in [6.07, 6.45) is 3.30. The summed E-state index contributed by atoms with van der Waals surface area (Å²) in [6.45, 7) is 5.66. The van der Waals surface area contributed by atoms with Gasteiger partial charge in [-0.05, 0) is 35.5 Å². The number of hydrogen-bond acceptors (Lipinski definition) is 8. The minimum atomic E-state index is -3.32. The predicted molar refractivity (Wildman–Crippen MR) is 139 cm³/mol. The van der Waals surface area contributed by atoms with Gasteiger partial charge in [0, 0.05) is 31.5 Å². The minimum absolute atomic E-state index is 0.0466. The van der Waals surface area contributed by atoms with Crippen molar-refractivity contribution in [1.82, 2.24) is 14.7 Å². The Bertz CT molecular complexity index is 1120. The largest absolute Gasteiger partial charge is 0.611 e. The van der Waals surface area contributed by atoms with Gasteiger partial charge >= 0.3 is 0 Å². The first-order valence-corrected chi connectivity index (χ1v) is 15.2. The fourth-order valence-electron chi connectivity index (χ4n) is 4.79. The number of aliphatic hydroxyl groups excluding tert-OH is 1. The van der Waals surface area contributed by atoms with E-state index in [0.717, 1.165) is 24.1 Å². The zero-order chi connectivity index (χ0) is 25.2. The van der Waals surface area contributed by atoms with Crippen LogP contribution >= 0.6 is 0 Å². The minimum Gasteiger partial charge on any atom is -0.611 e. The molecule has 0 radical (unpaired) electrons. The molecule has 11 heteroatoms. The highest BCUT2D eigenvalue weighted by Gasteiger charge is 2.39. The maximum Gasteiger partial charge on any atom is 0.227 e. The molecule has 192 valence electrons. The monoisotopic (exact) mass is 521 g/mol. The summed E-state index contributed by atoms with van der Waals surface area (Å²) in [7, 11) is -3.32. The number of sulfonamides is 1. The predicted octanol–water partition coefficient (Wildman–Crippen LogP) is 1.66. The van der Waals surface area contributed by atoms with Crippen LogP contribution in [0.15, 0.2) is 35.2 Å². The molecule has 0 bridgehead atoms. The Kier molecular flexibility index (Phi) is 7.92. The van der Waals surface area contributed by atoms with Gasteiger partial charge in [0.2, 0.25) is 20.9 Å². The molecular weight excluding hydrogens is 486 g/mol. The van der Waals surface area contributed by atoms with Crippen LogP contribution in [0.3, 0.4) is 0 Å². The molecule has 35 heavy (non-hydrogen) atoms. The average Bonchev–Trinajstić information content (AvgIpc) is 3.22. The molecule has 0 aliphatic carbocycles. The first-order chi connectivity index (χ1) is 16.6. The lowest BCUT2D eigenvalue weighted by atomic mass is 9.73. The van der Waals surface area contributed by atoms with Crippen molar-refractivity contribution >= 4 is 33.0 Å². The van der Waals surface area contributed by atoms with Gasteiger partial charge in [0.25, 0.3) is 0 Å². The molecule has 1 aromatic heterocycles. The van der Waals surface area contributed by atoms with E-state index in [0.29, 0.717) is 48.5 Å². The Hall–Kier alpha value is -1.92. The fraction of sp³-hybridized carbons (Fsp3) is 0.583. The normalized spacial score (nSPS) is 20.6. The molecule has 1 aromatic carbocycles. The molecule has 2 aromatic rings. The van der Waals surface area contributed by atoms with Gasteiger partial charge in [0.15, 0.2) is 5.82 Å². The van der Waals surface area contributed by atoms with Crippen LogP contribution in [0.1, 0.15) is 37.9 Å². The highest BCUT2D eigenvalue weighted by molar-refractivity contribution is 7.91. The third-order valence-corrected chi connectivity index (χ3v) is 9.19. The number of aromatic nitrogens is 2. The third-order valence-electron chi connectivity index (χ3n) is 7.06. The van der Waals surface area contributed by atoms with E-state index < -0.39 is 21.2 Å². The standard InChI is InChI=1S/C24H35N5O4S2/c1-17(2)20(15-30)26-22-21-19(9-14-34(21)31)27-23(28-22)29-12-10-24(11-13-29,16-25-35(3,32)33)18-7-5-4-6-8-18/h4-8,17,20,25,30H,9-16H2,1-3H3,(H,26,27,28)/t20-,34?/m0/s1. The molecule has 4 rings (SSSR count). The summed E-state index contributed by atoms with van der Waals surface area (Å²) in [4.78, 5) is 12.3. The zero-order valence-electron chi connectivity index (χ0n) is 20.5. The lowest BCUT2D eigenvalue weighted by molar-refractivity contribution is 0.248. The van der Waals surface area contributed by atoms with Crippen molar-refractivity contribution in [2.75, 3.05) is 48.5 Å². The molecule has 9 nitrogen and oxygen atoms in total. The maximum absolute atomic E-state index is 12.7. The van der Waals surface area contributed by atoms with Crippen molar-refractivity contribution in [3.8, 4) is 0 Å². The van der Waals surface area contributed by atoms with Gasteiger partial charge in [0.1, 0.15) is 11.4 Å². The SMILES string of the molecule is CC(C)[C@H](CO)Nc1nc(N2CCC(CNS(C)(=O)=O)(c3ccccc3)CC2)nc2c1[S+]([O-])CC2. The number of piperidine rings is 1. The topological polar surface area (TPSA) is 131 Å². The average molecular weight is 522 g/mol. The number of hydrogen-bond donors (Lipinski definition) is 3. The molecule has 1 fully saturated rings. The maximum atomic E-state index is 12.7. The van der Waals surface area contributed by atoms with E-state index in [2.05, 4.69) is 27.1 Å². The van der Waals surface area contributed by atoms with Crippen molar-refractivity contribution in [2.24, 2.45) is 5.92 Å². The summed E-state index contributed by atoms with van der Waals surface area (Å²) >= 11 is -1.16. The molecule has 0 spiro atoms. The van der Waals surface area contributed by atoms with Crippen LogP contribution < -0.4 is 14.9 Å². The number of nitrogens with zero attached hydrogens (tertiary/aromatic N) is 3. The molecule has 3 heterocycles. The van der Waals surface area contributed by atoms with E-state index in [4.69, 9.17) is 9.97 Å². The Morgan fingerprint density at radius 2 is 1.89 bits per heavy atom. The summed E-state index contributed by atoms with van der Waals surface area (Å²) in [5.41, 5.74) is 1.60. The summed E-state index contributed by atoms with van der Waals surface area (Å²) in [5.74, 6) is 1.84. The quantitative estimate of drug-likeness (QED) is 0.425.